The van der Waals surface area contributed by atoms with E-state index in [9.17, 15) is 9.18 Å². The molecule has 1 amide bonds. The Kier molecular flexibility index (Phi) is 5.38. The normalized spacial score (nSPS) is 19.0. The van der Waals surface area contributed by atoms with Crippen LogP contribution in [0, 0.1) is 11.7 Å². The first-order valence-electron chi connectivity index (χ1n) is 9.45. The van der Waals surface area contributed by atoms with Crippen LogP contribution < -0.4 is 4.74 Å². The average Bonchev–Trinajstić information content (AvgIpc) is 3.38. The number of rotatable bonds is 8. The lowest BCUT2D eigenvalue weighted by atomic mass is 10.1. The number of aromatic nitrogens is 2. The van der Waals surface area contributed by atoms with E-state index in [2.05, 4.69) is 5.10 Å². The van der Waals surface area contributed by atoms with Gasteiger partial charge in [0.2, 0.25) is 0 Å². The summed E-state index contributed by atoms with van der Waals surface area (Å²) >= 11 is 0. The Morgan fingerprint density at radius 2 is 2.04 bits per heavy atom. The Morgan fingerprint density at radius 3 is 2.81 bits per heavy atom. The van der Waals surface area contributed by atoms with Crippen molar-refractivity contribution in [1.29, 1.82) is 0 Å². The third kappa shape index (κ3) is 4.66. The number of ether oxygens (including phenoxy) is 2. The van der Waals surface area contributed by atoms with Crippen LogP contribution in [0.5, 0.6) is 5.75 Å². The molecule has 1 fully saturated rings. The van der Waals surface area contributed by atoms with Gasteiger partial charge in [0.25, 0.3) is 5.91 Å². The first-order valence-corrected chi connectivity index (χ1v) is 9.45. The van der Waals surface area contributed by atoms with Gasteiger partial charge in [-0.05, 0) is 55.5 Å². The summed E-state index contributed by atoms with van der Waals surface area (Å²) in [4.78, 5) is 14.4. The molecule has 1 aromatic carbocycles. The molecule has 0 radical (unpaired) electrons. The number of carbonyl (C=O) groups excluding carboxylic acids is 1. The third-order valence-corrected chi connectivity index (χ3v) is 5.06. The summed E-state index contributed by atoms with van der Waals surface area (Å²) in [7, 11) is 0. The molecule has 0 unspecified atom stereocenters. The molecule has 1 aliphatic carbocycles. The van der Waals surface area contributed by atoms with E-state index in [0.717, 1.165) is 24.6 Å². The molecule has 6 nitrogen and oxygen atoms in total. The van der Waals surface area contributed by atoms with Crippen LogP contribution in [0.15, 0.2) is 36.5 Å². The van der Waals surface area contributed by atoms with E-state index in [1.165, 1.54) is 37.1 Å². The highest BCUT2D eigenvalue weighted by atomic mass is 19.1. The fraction of sp³-hybridized carbons (Fsp3) is 0.500. The molecule has 7 heteroatoms. The number of carbonyl (C=O) groups is 1. The zero-order valence-corrected chi connectivity index (χ0v) is 15.2. The van der Waals surface area contributed by atoms with Crippen molar-refractivity contribution in [3.05, 3.63) is 48.0 Å². The van der Waals surface area contributed by atoms with Crippen molar-refractivity contribution < 1.29 is 18.7 Å². The number of hydrogen-bond acceptors (Lipinski definition) is 4. The van der Waals surface area contributed by atoms with E-state index in [-0.39, 0.29) is 24.4 Å². The van der Waals surface area contributed by atoms with E-state index in [1.807, 2.05) is 10.7 Å². The second-order valence-corrected chi connectivity index (χ2v) is 7.24. The monoisotopic (exact) mass is 373 g/mol. The highest BCUT2D eigenvalue weighted by molar-refractivity contribution is 5.78. The van der Waals surface area contributed by atoms with Gasteiger partial charge < -0.3 is 14.4 Å². The van der Waals surface area contributed by atoms with Crippen LogP contribution >= 0.6 is 0 Å². The molecule has 1 aliphatic heterocycles. The minimum absolute atomic E-state index is 0.0648. The summed E-state index contributed by atoms with van der Waals surface area (Å²) in [5, 5.41) is 4.42. The number of benzene rings is 1. The standard InChI is InChI=1S/C20H24FN3O3/c21-16-3-5-19(6-4-16)27-14-20(25)23-11-17-7-9-22-24(17)18(12-23)8-10-26-13-15-1-2-15/h3-7,9,15,18H,1-2,8,10-14H2/t18-/m1/s1. The maximum Gasteiger partial charge on any atom is 0.260 e. The first-order chi connectivity index (χ1) is 13.2. The van der Waals surface area contributed by atoms with Crippen LogP contribution in [0.4, 0.5) is 4.39 Å². The average molecular weight is 373 g/mol. The van der Waals surface area contributed by atoms with Crippen molar-refractivity contribution in [3.8, 4) is 5.75 Å². The summed E-state index contributed by atoms with van der Waals surface area (Å²) in [5.74, 6) is 0.815. The largest absolute Gasteiger partial charge is 0.484 e. The predicted molar refractivity (Wildman–Crippen MR) is 96.7 cm³/mol. The lowest BCUT2D eigenvalue weighted by Gasteiger charge is -2.34. The molecule has 1 atom stereocenters. The first kappa shape index (κ1) is 18.0. The molecule has 4 rings (SSSR count). The quantitative estimate of drug-likeness (QED) is 0.668. The fourth-order valence-corrected chi connectivity index (χ4v) is 3.31. The zero-order chi connectivity index (χ0) is 18.6. The van der Waals surface area contributed by atoms with Gasteiger partial charge in [-0.15, -0.1) is 0 Å². The summed E-state index contributed by atoms with van der Waals surface area (Å²) in [5.41, 5.74) is 1.02. The Hall–Kier alpha value is -2.41. The summed E-state index contributed by atoms with van der Waals surface area (Å²) in [6, 6.07) is 7.73. The Morgan fingerprint density at radius 1 is 1.22 bits per heavy atom. The van der Waals surface area contributed by atoms with E-state index in [4.69, 9.17) is 9.47 Å². The van der Waals surface area contributed by atoms with Crippen molar-refractivity contribution in [2.45, 2.75) is 31.8 Å². The van der Waals surface area contributed by atoms with Gasteiger partial charge in [0, 0.05) is 26.0 Å². The number of hydrogen-bond donors (Lipinski definition) is 0. The summed E-state index contributed by atoms with van der Waals surface area (Å²) < 4.78 is 26.2. The molecule has 2 heterocycles. The van der Waals surface area contributed by atoms with Crippen molar-refractivity contribution in [2.75, 3.05) is 26.4 Å². The molecule has 1 aromatic heterocycles. The van der Waals surface area contributed by atoms with Crippen LogP contribution in [0.1, 0.15) is 31.0 Å². The van der Waals surface area contributed by atoms with Gasteiger partial charge in [0.1, 0.15) is 11.6 Å². The SMILES string of the molecule is O=C(COc1ccc(F)cc1)N1Cc2ccnn2[C@H](CCOCC2CC2)C1. The number of amides is 1. The van der Waals surface area contributed by atoms with E-state index in [0.29, 0.717) is 25.4 Å². The molecule has 0 saturated heterocycles. The van der Waals surface area contributed by atoms with E-state index in [1.54, 1.807) is 11.1 Å². The molecule has 144 valence electrons. The molecule has 1 saturated carbocycles. The van der Waals surface area contributed by atoms with Crippen LogP contribution in [-0.4, -0.2) is 47.0 Å². The Labute approximate surface area is 157 Å². The van der Waals surface area contributed by atoms with Gasteiger partial charge in [-0.25, -0.2) is 4.39 Å². The van der Waals surface area contributed by atoms with Gasteiger partial charge in [0.15, 0.2) is 6.61 Å². The third-order valence-electron chi connectivity index (χ3n) is 5.06. The van der Waals surface area contributed by atoms with Crippen molar-refractivity contribution in [3.63, 3.8) is 0 Å². The second kappa shape index (κ2) is 8.08. The van der Waals surface area contributed by atoms with Gasteiger partial charge >= 0.3 is 0 Å². The minimum atomic E-state index is -0.329. The fourth-order valence-electron chi connectivity index (χ4n) is 3.31. The van der Waals surface area contributed by atoms with Crippen molar-refractivity contribution in [2.24, 2.45) is 5.92 Å². The molecule has 27 heavy (non-hydrogen) atoms. The molecule has 0 N–H and O–H groups in total. The van der Waals surface area contributed by atoms with E-state index < -0.39 is 0 Å². The second-order valence-electron chi connectivity index (χ2n) is 7.24. The lowest BCUT2D eigenvalue weighted by molar-refractivity contribution is -0.135. The molecular weight excluding hydrogens is 349 g/mol. The van der Waals surface area contributed by atoms with Crippen LogP contribution in [-0.2, 0) is 16.1 Å². The maximum absolute atomic E-state index is 13.0. The van der Waals surface area contributed by atoms with Crippen molar-refractivity contribution >= 4 is 5.91 Å². The minimum Gasteiger partial charge on any atom is -0.484 e. The maximum atomic E-state index is 13.0. The van der Waals surface area contributed by atoms with Gasteiger partial charge in [0.05, 0.1) is 18.3 Å². The zero-order valence-electron chi connectivity index (χ0n) is 15.2. The summed E-state index contributed by atoms with van der Waals surface area (Å²) in [6.07, 6.45) is 5.16. The molecule has 2 aliphatic rings. The predicted octanol–water partition coefficient (Wildman–Crippen LogP) is 2.80. The number of fused-ring (bicyclic) bond motifs is 1. The summed E-state index contributed by atoms with van der Waals surface area (Å²) in [6.45, 7) is 2.56. The Bertz CT molecular complexity index is 773. The number of nitrogens with zero attached hydrogens (tertiary/aromatic N) is 3. The highest BCUT2D eigenvalue weighted by Gasteiger charge is 2.29. The van der Waals surface area contributed by atoms with Crippen LogP contribution in [0.3, 0.4) is 0 Å². The van der Waals surface area contributed by atoms with Crippen molar-refractivity contribution in [1.82, 2.24) is 14.7 Å². The van der Waals surface area contributed by atoms with Crippen LogP contribution in [0.2, 0.25) is 0 Å². The topological polar surface area (TPSA) is 56.6 Å². The smallest absolute Gasteiger partial charge is 0.260 e. The van der Waals surface area contributed by atoms with Crippen LogP contribution in [0.25, 0.3) is 0 Å². The molecule has 2 aromatic rings. The highest BCUT2D eigenvalue weighted by Crippen LogP contribution is 2.29. The molecule has 0 bridgehead atoms. The molecule has 0 spiro atoms. The number of halogens is 1. The molecular formula is C20H24FN3O3. The van der Waals surface area contributed by atoms with Gasteiger partial charge in [-0.2, -0.15) is 5.10 Å². The Balaban J connectivity index is 1.32. The van der Waals surface area contributed by atoms with Gasteiger partial charge in [-0.3, -0.25) is 9.48 Å². The van der Waals surface area contributed by atoms with E-state index >= 15 is 0 Å². The van der Waals surface area contributed by atoms with Gasteiger partial charge in [-0.1, -0.05) is 0 Å². The lowest BCUT2D eigenvalue weighted by Crippen LogP contribution is -2.43.